The van der Waals surface area contributed by atoms with Gasteiger partial charge in [0, 0.05) is 5.56 Å². The molecule has 26 heavy (non-hydrogen) atoms. The molecule has 128 valence electrons. The standard InChI is InChI=1S/C22H18N2O2/c25-20-18-16-8-9-17(22(16)10-11-22)19(18)21(26)24(20)23-12-14-6-3-5-13-4-1-2-7-15(13)14/h1-9,12,16-19H,10-11H2/b23-12-/t16-,17-,18-,19+/m1/s1. The van der Waals surface area contributed by atoms with Gasteiger partial charge in [-0.3, -0.25) is 9.59 Å². The molecule has 1 saturated heterocycles. The van der Waals surface area contributed by atoms with Gasteiger partial charge in [-0.25, -0.2) is 0 Å². The molecule has 1 heterocycles. The van der Waals surface area contributed by atoms with Gasteiger partial charge in [-0.1, -0.05) is 54.6 Å². The second-order valence-electron chi connectivity index (χ2n) is 8.02. The number of carbonyl (C=O) groups excluding carboxylic acids is 2. The molecular formula is C22H18N2O2. The summed E-state index contributed by atoms with van der Waals surface area (Å²) in [6.07, 6.45) is 8.33. The van der Waals surface area contributed by atoms with Crippen molar-refractivity contribution in [1.82, 2.24) is 5.01 Å². The molecule has 1 spiro atoms. The monoisotopic (exact) mass is 342 g/mol. The number of hydrogen-bond acceptors (Lipinski definition) is 3. The summed E-state index contributed by atoms with van der Waals surface area (Å²) >= 11 is 0. The van der Waals surface area contributed by atoms with Gasteiger partial charge in [-0.15, -0.1) is 0 Å². The molecular weight excluding hydrogens is 324 g/mol. The van der Waals surface area contributed by atoms with E-state index in [2.05, 4.69) is 17.3 Å². The van der Waals surface area contributed by atoms with Gasteiger partial charge in [0.2, 0.25) is 0 Å². The number of hydrogen-bond donors (Lipinski definition) is 0. The van der Waals surface area contributed by atoms with E-state index in [9.17, 15) is 9.59 Å². The van der Waals surface area contributed by atoms with E-state index in [1.54, 1.807) is 6.21 Å². The Morgan fingerprint density at radius 1 is 0.923 bits per heavy atom. The highest BCUT2D eigenvalue weighted by atomic mass is 16.2. The summed E-state index contributed by atoms with van der Waals surface area (Å²) in [4.78, 5) is 25.9. The van der Waals surface area contributed by atoms with E-state index in [1.807, 2.05) is 42.5 Å². The number of allylic oxidation sites excluding steroid dienone is 2. The Balaban J connectivity index is 1.35. The molecule has 4 aliphatic rings. The maximum Gasteiger partial charge on any atom is 0.254 e. The number of rotatable bonds is 2. The summed E-state index contributed by atoms with van der Waals surface area (Å²) in [6.45, 7) is 0. The fourth-order valence-corrected chi connectivity index (χ4v) is 5.66. The van der Waals surface area contributed by atoms with Crippen LogP contribution in [0.5, 0.6) is 0 Å². The quantitative estimate of drug-likeness (QED) is 0.477. The van der Waals surface area contributed by atoms with Crippen molar-refractivity contribution in [2.45, 2.75) is 12.8 Å². The zero-order valence-electron chi connectivity index (χ0n) is 14.2. The van der Waals surface area contributed by atoms with Crippen LogP contribution in [0.4, 0.5) is 0 Å². The van der Waals surface area contributed by atoms with Gasteiger partial charge in [-0.05, 0) is 40.9 Å². The Kier molecular flexibility index (Phi) is 2.61. The van der Waals surface area contributed by atoms with Crippen LogP contribution in [-0.2, 0) is 9.59 Å². The molecule has 4 atom stereocenters. The van der Waals surface area contributed by atoms with Crippen LogP contribution in [0, 0.1) is 29.1 Å². The van der Waals surface area contributed by atoms with Crippen LogP contribution in [0.1, 0.15) is 18.4 Å². The molecule has 2 bridgehead atoms. The van der Waals surface area contributed by atoms with Crippen molar-refractivity contribution in [2.24, 2.45) is 34.2 Å². The molecule has 2 amide bonds. The lowest BCUT2D eigenvalue weighted by Gasteiger charge is -2.18. The van der Waals surface area contributed by atoms with E-state index >= 15 is 0 Å². The number of benzene rings is 2. The summed E-state index contributed by atoms with van der Waals surface area (Å²) in [5.74, 6) is -0.119. The molecule has 1 aliphatic heterocycles. The third-order valence-corrected chi connectivity index (χ3v) is 6.96. The topological polar surface area (TPSA) is 49.7 Å². The van der Waals surface area contributed by atoms with E-state index in [4.69, 9.17) is 0 Å². The molecule has 3 fully saturated rings. The Labute approximate surface area is 151 Å². The van der Waals surface area contributed by atoms with Crippen LogP contribution in [0.2, 0.25) is 0 Å². The average Bonchev–Trinajstić information content (AvgIpc) is 3.27. The van der Waals surface area contributed by atoms with E-state index in [-0.39, 0.29) is 40.9 Å². The Hall–Kier alpha value is -2.75. The normalized spacial score (nSPS) is 33.2. The van der Waals surface area contributed by atoms with Gasteiger partial charge >= 0.3 is 0 Å². The van der Waals surface area contributed by atoms with Crippen LogP contribution < -0.4 is 0 Å². The van der Waals surface area contributed by atoms with Crippen molar-refractivity contribution in [2.75, 3.05) is 0 Å². The van der Waals surface area contributed by atoms with Gasteiger partial charge in [0.15, 0.2) is 0 Å². The summed E-state index contributed by atoms with van der Waals surface area (Å²) in [7, 11) is 0. The first-order valence-corrected chi connectivity index (χ1v) is 9.29. The van der Waals surface area contributed by atoms with Gasteiger partial charge in [-0.2, -0.15) is 10.1 Å². The van der Waals surface area contributed by atoms with E-state index in [0.717, 1.165) is 34.2 Å². The lowest BCUT2D eigenvalue weighted by molar-refractivity contribution is -0.141. The van der Waals surface area contributed by atoms with E-state index in [0.29, 0.717) is 0 Å². The second-order valence-corrected chi connectivity index (χ2v) is 8.02. The fourth-order valence-electron chi connectivity index (χ4n) is 5.66. The molecule has 6 rings (SSSR count). The average molecular weight is 342 g/mol. The fraction of sp³-hybridized carbons (Fsp3) is 0.318. The van der Waals surface area contributed by atoms with Crippen LogP contribution in [0.15, 0.2) is 59.7 Å². The van der Waals surface area contributed by atoms with Crippen molar-refractivity contribution < 1.29 is 9.59 Å². The van der Waals surface area contributed by atoms with Crippen LogP contribution in [-0.4, -0.2) is 23.0 Å². The molecule has 0 aromatic heterocycles. The largest absolute Gasteiger partial charge is 0.272 e. The van der Waals surface area contributed by atoms with Crippen molar-refractivity contribution in [3.05, 3.63) is 60.2 Å². The zero-order valence-corrected chi connectivity index (χ0v) is 14.2. The predicted octanol–water partition coefficient (Wildman–Crippen LogP) is 3.37. The number of imide groups is 1. The smallest absolute Gasteiger partial charge is 0.254 e. The molecule has 2 saturated carbocycles. The molecule has 3 aliphatic carbocycles. The molecule has 0 unspecified atom stereocenters. The van der Waals surface area contributed by atoms with Gasteiger partial charge in [0.25, 0.3) is 11.8 Å². The number of nitrogens with zero attached hydrogens (tertiary/aromatic N) is 2. The highest BCUT2D eigenvalue weighted by molar-refractivity contribution is 6.08. The number of amides is 2. The number of carbonyl (C=O) groups is 2. The third-order valence-electron chi connectivity index (χ3n) is 6.96. The Bertz CT molecular complexity index is 994. The van der Waals surface area contributed by atoms with Crippen molar-refractivity contribution >= 4 is 28.8 Å². The highest BCUT2D eigenvalue weighted by Gasteiger charge is 2.73. The van der Waals surface area contributed by atoms with Crippen molar-refractivity contribution in [1.29, 1.82) is 0 Å². The minimum atomic E-state index is -0.190. The van der Waals surface area contributed by atoms with E-state index in [1.165, 1.54) is 0 Å². The molecule has 4 nitrogen and oxygen atoms in total. The predicted molar refractivity (Wildman–Crippen MR) is 98.2 cm³/mol. The van der Waals surface area contributed by atoms with E-state index < -0.39 is 0 Å². The lowest BCUT2D eigenvalue weighted by Crippen LogP contribution is -2.30. The van der Waals surface area contributed by atoms with Gasteiger partial charge in [0.1, 0.15) is 0 Å². The second kappa shape index (κ2) is 4.70. The first-order valence-electron chi connectivity index (χ1n) is 9.29. The Morgan fingerprint density at radius 2 is 1.58 bits per heavy atom. The SMILES string of the molecule is O=C1[C@@H]2[C@H](C(=O)N1/N=C\c1cccc3ccccc13)[C@H]1C=C[C@H]2C12CC2. The van der Waals surface area contributed by atoms with Crippen molar-refractivity contribution in [3.8, 4) is 0 Å². The molecule has 4 heteroatoms. The molecule has 2 aromatic rings. The minimum Gasteiger partial charge on any atom is -0.272 e. The van der Waals surface area contributed by atoms with Crippen molar-refractivity contribution in [3.63, 3.8) is 0 Å². The first kappa shape index (κ1) is 14.4. The first-order chi connectivity index (χ1) is 12.7. The van der Waals surface area contributed by atoms with Crippen LogP contribution >= 0.6 is 0 Å². The summed E-state index contributed by atoms with van der Waals surface area (Å²) in [5, 5.41) is 7.66. The maximum absolute atomic E-state index is 12.9. The molecule has 0 radical (unpaired) electrons. The zero-order chi connectivity index (χ0) is 17.5. The van der Waals surface area contributed by atoms with Gasteiger partial charge in [0.05, 0.1) is 18.1 Å². The number of hydrazone groups is 1. The maximum atomic E-state index is 12.9. The number of fused-ring (bicyclic) bond motifs is 4. The summed E-state index contributed by atoms with van der Waals surface area (Å²) in [5.41, 5.74) is 1.15. The highest BCUT2D eigenvalue weighted by Crippen LogP contribution is 2.73. The summed E-state index contributed by atoms with van der Waals surface area (Å²) < 4.78 is 0. The molecule has 0 N–H and O–H groups in total. The minimum absolute atomic E-state index is 0.111. The van der Waals surface area contributed by atoms with Crippen LogP contribution in [0.3, 0.4) is 0 Å². The Morgan fingerprint density at radius 3 is 2.27 bits per heavy atom. The van der Waals surface area contributed by atoms with Gasteiger partial charge < -0.3 is 0 Å². The lowest BCUT2D eigenvalue weighted by atomic mass is 9.85. The third kappa shape index (κ3) is 1.62. The van der Waals surface area contributed by atoms with Crippen LogP contribution in [0.25, 0.3) is 10.8 Å². The summed E-state index contributed by atoms with van der Waals surface area (Å²) in [6, 6.07) is 14.0. The molecule has 2 aromatic carbocycles.